The van der Waals surface area contributed by atoms with Gasteiger partial charge in [0, 0.05) is 11.8 Å². The van der Waals surface area contributed by atoms with E-state index in [1.165, 1.54) is 13.2 Å². The van der Waals surface area contributed by atoms with E-state index < -0.39 is 11.9 Å². The van der Waals surface area contributed by atoms with Gasteiger partial charge in [-0.1, -0.05) is 12.1 Å². The molecule has 2 aromatic carbocycles. The summed E-state index contributed by atoms with van der Waals surface area (Å²) in [5, 5.41) is 12.0. The molecule has 0 unspecified atom stereocenters. The molecule has 0 fully saturated rings. The molecule has 0 radical (unpaired) electrons. The molecule has 1 N–H and O–H groups in total. The van der Waals surface area contributed by atoms with E-state index in [1.807, 2.05) is 6.07 Å². The Balaban J connectivity index is 1.75. The third-order valence-corrected chi connectivity index (χ3v) is 3.81. The minimum absolute atomic E-state index is 0.0734. The molecule has 7 nitrogen and oxygen atoms in total. The molecule has 0 atom stereocenters. The minimum atomic E-state index is -0.550. The molecule has 0 aromatic heterocycles. The number of anilines is 1. The number of ether oxygens (including phenoxy) is 3. The van der Waals surface area contributed by atoms with Gasteiger partial charge in [-0.15, -0.1) is 0 Å². The van der Waals surface area contributed by atoms with Crippen molar-refractivity contribution in [2.45, 2.75) is 0 Å². The Morgan fingerprint density at radius 3 is 2.48 bits per heavy atom. The van der Waals surface area contributed by atoms with Gasteiger partial charge in [-0.25, -0.2) is 4.79 Å². The SMILES string of the molecule is COC(=O)c1ccc(/C=C(\C#N)C(=O)Nc2ccc3c(c2)OCCO3)cc1. The molecule has 0 bridgehead atoms. The number of amides is 1. The summed E-state index contributed by atoms with van der Waals surface area (Å²) in [5.41, 5.74) is 1.41. The Labute approximate surface area is 155 Å². The van der Waals surface area contributed by atoms with Gasteiger partial charge < -0.3 is 19.5 Å². The van der Waals surface area contributed by atoms with Crippen LogP contribution in [0.5, 0.6) is 11.5 Å². The Bertz CT molecular complexity index is 942. The normalized spacial score (nSPS) is 12.7. The third kappa shape index (κ3) is 4.25. The lowest BCUT2D eigenvalue weighted by atomic mass is 10.1. The average molecular weight is 364 g/mol. The van der Waals surface area contributed by atoms with Crippen molar-refractivity contribution in [3.63, 3.8) is 0 Å². The highest BCUT2D eigenvalue weighted by molar-refractivity contribution is 6.09. The molecule has 1 heterocycles. The Morgan fingerprint density at radius 2 is 1.81 bits per heavy atom. The molecular formula is C20H16N2O5. The smallest absolute Gasteiger partial charge is 0.337 e. The van der Waals surface area contributed by atoms with Gasteiger partial charge >= 0.3 is 5.97 Å². The second-order valence-electron chi connectivity index (χ2n) is 5.60. The average Bonchev–Trinajstić information content (AvgIpc) is 2.71. The summed E-state index contributed by atoms with van der Waals surface area (Å²) in [4.78, 5) is 23.8. The third-order valence-electron chi connectivity index (χ3n) is 3.81. The highest BCUT2D eigenvalue weighted by Gasteiger charge is 2.15. The number of carbonyl (C=O) groups is 2. The van der Waals surface area contributed by atoms with E-state index in [-0.39, 0.29) is 5.57 Å². The second kappa shape index (κ2) is 8.06. The molecule has 0 spiro atoms. The fourth-order valence-electron chi connectivity index (χ4n) is 2.47. The summed E-state index contributed by atoms with van der Waals surface area (Å²) in [6, 6.07) is 13.3. The van der Waals surface area contributed by atoms with Gasteiger partial charge in [-0.3, -0.25) is 4.79 Å². The Morgan fingerprint density at radius 1 is 1.11 bits per heavy atom. The van der Waals surface area contributed by atoms with Crippen LogP contribution in [0.25, 0.3) is 6.08 Å². The van der Waals surface area contributed by atoms with Crippen LogP contribution in [0.3, 0.4) is 0 Å². The Kier molecular flexibility index (Phi) is 5.38. The van der Waals surface area contributed by atoms with Crippen LogP contribution in [0.1, 0.15) is 15.9 Å². The van der Waals surface area contributed by atoms with Crippen molar-refractivity contribution in [2.75, 3.05) is 25.6 Å². The van der Waals surface area contributed by atoms with E-state index in [1.54, 1.807) is 42.5 Å². The maximum Gasteiger partial charge on any atom is 0.337 e. The highest BCUT2D eigenvalue weighted by Crippen LogP contribution is 2.32. The number of nitrogens with one attached hydrogen (secondary N) is 1. The number of hydrogen-bond donors (Lipinski definition) is 1. The predicted molar refractivity (Wildman–Crippen MR) is 97.4 cm³/mol. The number of rotatable bonds is 4. The lowest BCUT2D eigenvalue weighted by Gasteiger charge is -2.18. The van der Waals surface area contributed by atoms with Gasteiger partial charge in [0.15, 0.2) is 11.5 Å². The molecule has 2 aromatic rings. The van der Waals surface area contributed by atoms with Crippen LogP contribution in [0, 0.1) is 11.3 Å². The molecule has 0 aliphatic carbocycles. The molecular weight excluding hydrogens is 348 g/mol. The first-order valence-corrected chi connectivity index (χ1v) is 8.12. The van der Waals surface area contributed by atoms with Gasteiger partial charge in [-0.05, 0) is 35.9 Å². The van der Waals surface area contributed by atoms with Crippen LogP contribution < -0.4 is 14.8 Å². The zero-order chi connectivity index (χ0) is 19.2. The molecule has 0 saturated heterocycles. The molecule has 27 heavy (non-hydrogen) atoms. The monoisotopic (exact) mass is 364 g/mol. The van der Waals surface area contributed by atoms with Crippen LogP contribution >= 0.6 is 0 Å². The van der Waals surface area contributed by atoms with Crippen LogP contribution in [-0.2, 0) is 9.53 Å². The first-order chi connectivity index (χ1) is 13.1. The number of carbonyl (C=O) groups excluding carboxylic acids is 2. The lowest BCUT2D eigenvalue weighted by molar-refractivity contribution is -0.112. The van der Waals surface area contributed by atoms with Crippen molar-refractivity contribution in [1.29, 1.82) is 5.26 Å². The molecule has 3 rings (SSSR count). The van der Waals surface area contributed by atoms with E-state index >= 15 is 0 Å². The Hall–Kier alpha value is -3.79. The van der Waals surface area contributed by atoms with Crippen molar-refractivity contribution in [1.82, 2.24) is 0 Å². The first kappa shape index (κ1) is 18.0. The molecule has 0 saturated carbocycles. The van der Waals surface area contributed by atoms with Crippen molar-refractivity contribution >= 4 is 23.6 Å². The number of methoxy groups -OCH3 is 1. The maximum absolute atomic E-state index is 12.4. The zero-order valence-electron chi connectivity index (χ0n) is 14.5. The first-order valence-electron chi connectivity index (χ1n) is 8.12. The van der Waals surface area contributed by atoms with Crippen molar-refractivity contribution in [3.05, 3.63) is 59.2 Å². The van der Waals surface area contributed by atoms with E-state index in [9.17, 15) is 14.9 Å². The number of hydrogen-bond acceptors (Lipinski definition) is 6. The fourth-order valence-corrected chi connectivity index (χ4v) is 2.47. The van der Waals surface area contributed by atoms with Crippen molar-refractivity contribution in [2.24, 2.45) is 0 Å². The molecule has 136 valence electrons. The van der Waals surface area contributed by atoms with Gasteiger partial charge in [0.2, 0.25) is 0 Å². The van der Waals surface area contributed by atoms with Gasteiger partial charge in [0.25, 0.3) is 5.91 Å². The quantitative estimate of drug-likeness (QED) is 0.509. The molecule has 1 aliphatic rings. The summed E-state index contributed by atoms with van der Waals surface area (Å²) >= 11 is 0. The fraction of sp³-hybridized carbons (Fsp3) is 0.150. The summed E-state index contributed by atoms with van der Waals surface area (Å²) < 4.78 is 15.5. The lowest BCUT2D eigenvalue weighted by Crippen LogP contribution is -2.17. The van der Waals surface area contributed by atoms with Crippen molar-refractivity contribution < 1.29 is 23.8 Å². The standard InChI is InChI=1S/C20H16N2O5/c1-25-20(24)14-4-2-13(3-5-14)10-15(12-21)19(23)22-16-6-7-17-18(11-16)27-9-8-26-17/h2-7,10-11H,8-9H2,1H3,(H,22,23)/b15-10+. The van der Waals surface area contributed by atoms with Crippen LogP contribution in [0.2, 0.25) is 0 Å². The minimum Gasteiger partial charge on any atom is -0.486 e. The second-order valence-corrected chi connectivity index (χ2v) is 5.60. The number of nitriles is 1. The highest BCUT2D eigenvalue weighted by atomic mass is 16.6. The number of benzene rings is 2. The topological polar surface area (TPSA) is 97.7 Å². The molecule has 1 aliphatic heterocycles. The number of esters is 1. The van der Waals surface area contributed by atoms with E-state index in [0.717, 1.165) is 0 Å². The number of fused-ring (bicyclic) bond motifs is 1. The van der Waals surface area contributed by atoms with E-state index in [0.29, 0.717) is 41.5 Å². The van der Waals surface area contributed by atoms with Gasteiger partial charge in [-0.2, -0.15) is 5.26 Å². The van der Waals surface area contributed by atoms with E-state index in [2.05, 4.69) is 10.1 Å². The van der Waals surface area contributed by atoms with Crippen LogP contribution in [0.4, 0.5) is 5.69 Å². The molecule has 1 amide bonds. The predicted octanol–water partition coefficient (Wildman–Crippen LogP) is 2.79. The maximum atomic E-state index is 12.4. The van der Waals surface area contributed by atoms with E-state index in [4.69, 9.17) is 9.47 Å². The van der Waals surface area contributed by atoms with Crippen LogP contribution in [-0.4, -0.2) is 32.2 Å². The van der Waals surface area contributed by atoms with Crippen LogP contribution in [0.15, 0.2) is 48.0 Å². The largest absolute Gasteiger partial charge is 0.486 e. The molecule has 7 heteroatoms. The summed E-state index contributed by atoms with van der Waals surface area (Å²) in [7, 11) is 1.30. The number of nitrogens with zero attached hydrogens (tertiary/aromatic N) is 1. The van der Waals surface area contributed by atoms with Gasteiger partial charge in [0.1, 0.15) is 24.9 Å². The van der Waals surface area contributed by atoms with Gasteiger partial charge in [0.05, 0.1) is 12.7 Å². The summed E-state index contributed by atoms with van der Waals surface area (Å²) in [6.45, 7) is 0.921. The summed E-state index contributed by atoms with van der Waals surface area (Å²) in [5.74, 6) is 0.148. The summed E-state index contributed by atoms with van der Waals surface area (Å²) in [6.07, 6.45) is 1.44. The van der Waals surface area contributed by atoms with Crippen molar-refractivity contribution in [3.8, 4) is 17.6 Å². The zero-order valence-corrected chi connectivity index (χ0v) is 14.5.